The molecule has 1 aliphatic rings. The van der Waals surface area contributed by atoms with Crippen LogP contribution in [0.3, 0.4) is 0 Å². The Kier molecular flexibility index (Phi) is 4.73. The molecule has 5 heteroatoms. The van der Waals surface area contributed by atoms with Crippen molar-refractivity contribution in [2.45, 2.75) is 32.8 Å². The fourth-order valence-electron chi connectivity index (χ4n) is 2.49. The number of aryl methyl sites for hydroxylation is 1. The first-order chi connectivity index (χ1) is 10.8. The van der Waals surface area contributed by atoms with Gasteiger partial charge in [-0.2, -0.15) is 0 Å². The average molecular weight is 317 g/mol. The number of thiazole rings is 1. The molecule has 0 bridgehead atoms. The van der Waals surface area contributed by atoms with Crippen molar-refractivity contribution in [2.24, 2.45) is 5.92 Å². The number of carbonyl (C=O) groups is 1. The van der Waals surface area contributed by atoms with Crippen LogP contribution in [-0.2, 0) is 29.0 Å². The highest BCUT2D eigenvalue weighted by molar-refractivity contribution is 7.09. The minimum atomic E-state index is -0.233. The lowest BCUT2D eigenvalue weighted by Gasteiger charge is -2.23. The van der Waals surface area contributed by atoms with Gasteiger partial charge in [0.05, 0.1) is 16.6 Å². The maximum Gasteiger partial charge on any atom is 0.313 e. The first-order valence-corrected chi connectivity index (χ1v) is 8.45. The van der Waals surface area contributed by atoms with Crippen LogP contribution in [0, 0.1) is 5.92 Å². The molecule has 1 unspecified atom stereocenters. The number of benzene rings is 1. The monoisotopic (exact) mass is 317 g/mol. The summed E-state index contributed by atoms with van der Waals surface area (Å²) in [6.45, 7) is 2.76. The molecule has 2 heterocycles. The van der Waals surface area contributed by atoms with Crippen molar-refractivity contribution in [1.82, 2.24) is 4.98 Å². The molecule has 0 fully saturated rings. The molecule has 22 heavy (non-hydrogen) atoms. The summed E-state index contributed by atoms with van der Waals surface area (Å²) in [4.78, 5) is 16.7. The summed E-state index contributed by atoms with van der Waals surface area (Å²) in [6.07, 6.45) is 2.73. The third kappa shape index (κ3) is 3.47. The van der Waals surface area contributed by atoms with Crippen LogP contribution in [0.1, 0.15) is 29.6 Å². The van der Waals surface area contributed by atoms with E-state index >= 15 is 0 Å². The highest BCUT2D eigenvalue weighted by atomic mass is 32.1. The summed E-state index contributed by atoms with van der Waals surface area (Å²) in [5, 5.41) is 3.06. The molecular weight excluding hydrogens is 298 g/mol. The summed E-state index contributed by atoms with van der Waals surface area (Å²) in [6, 6.07) is 7.82. The molecular formula is C17H19NO3S. The van der Waals surface area contributed by atoms with Gasteiger partial charge in [0.2, 0.25) is 0 Å². The van der Waals surface area contributed by atoms with Crippen molar-refractivity contribution < 1.29 is 14.3 Å². The zero-order chi connectivity index (χ0) is 15.4. The third-order valence-corrected chi connectivity index (χ3v) is 4.60. The molecule has 1 aliphatic heterocycles. The molecule has 0 saturated carbocycles. The Bertz CT molecular complexity index is 653. The van der Waals surface area contributed by atoms with Crippen LogP contribution in [0.2, 0.25) is 0 Å². The molecule has 1 aromatic heterocycles. The Morgan fingerprint density at radius 2 is 2.32 bits per heavy atom. The van der Waals surface area contributed by atoms with Crippen LogP contribution in [0.4, 0.5) is 0 Å². The van der Waals surface area contributed by atoms with Crippen LogP contribution in [0.25, 0.3) is 0 Å². The predicted octanol–water partition coefficient (Wildman–Crippen LogP) is 3.39. The Balaban J connectivity index is 1.54. The molecule has 0 saturated heterocycles. The molecule has 0 aliphatic carbocycles. The highest BCUT2D eigenvalue weighted by Crippen LogP contribution is 2.27. The number of carbonyl (C=O) groups excluding carboxylic acids is 1. The van der Waals surface area contributed by atoms with E-state index in [2.05, 4.69) is 11.9 Å². The Hall–Kier alpha value is -1.88. The second kappa shape index (κ2) is 6.92. The second-order valence-electron chi connectivity index (χ2n) is 5.41. The number of fused-ring (bicyclic) bond motifs is 1. The van der Waals surface area contributed by atoms with E-state index in [-0.39, 0.29) is 18.5 Å². The van der Waals surface area contributed by atoms with Crippen LogP contribution in [-0.4, -0.2) is 17.6 Å². The standard InChI is InChI=1S/C17H19NO3S/c1-2-5-16-18-14(11-22-16)10-21-17(19)13-8-12-6-3-4-7-15(12)20-9-13/h3-4,6-7,11,13H,2,5,8-10H2,1H3. The molecule has 3 rings (SSSR count). The summed E-state index contributed by atoms with van der Waals surface area (Å²) in [5.41, 5.74) is 1.90. The molecule has 0 radical (unpaired) electrons. The SMILES string of the molecule is CCCc1nc(COC(=O)C2COc3ccccc3C2)cs1. The van der Waals surface area contributed by atoms with Gasteiger partial charge in [0.1, 0.15) is 19.0 Å². The Morgan fingerprint density at radius 1 is 1.45 bits per heavy atom. The second-order valence-corrected chi connectivity index (χ2v) is 6.35. The zero-order valence-electron chi connectivity index (χ0n) is 12.6. The number of ether oxygens (including phenoxy) is 2. The first-order valence-electron chi connectivity index (χ1n) is 7.57. The van der Waals surface area contributed by atoms with Crippen LogP contribution >= 0.6 is 11.3 Å². The molecule has 1 aromatic carbocycles. The van der Waals surface area contributed by atoms with E-state index in [4.69, 9.17) is 9.47 Å². The van der Waals surface area contributed by atoms with Gasteiger partial charge < -0.3 is 9.47 Å². The van der Waals surface area contributed by atoms with E-state index < -0.39 is 0 Å². The molecule has 4 nitrogen and oxygen atoms in total. The number of hydrogen-bond acceptors (Lipinski definition) is 5. The van der Waals surface area contributed by atoms with Crippen molar-refractivity contribution in [3.8, 4) is 5.75 Å². The van der Waals surface area contributed by atoms with Gasteiger partial charge in [0, 0.05) is 5.38 Å². The maximum absolute atomic E-state index is 12.2. The lowest BCUT2D eigenvalue weighted by atomic mass is 9.97. The van der Waals surface area contributed by atoms with Crippen LogP contribution in [0.15, 0.2) is 29.6 Å². The van der Waals surface area contributed by atoms with Crippen molar-refractivity contribution >= 4 is 17.3 Å². The van der Waals surface area contributed by atoms with Gasteiger partial charge in [-0.15, -0.1) is 11.3 Å². The topological polar surface area (TPSA) is 48.4 Å². The van der Waals surface area contributed by atoms with Crippen molar-refractivity contribution in [3.05, 3.63) is 45.9 Å². The lowest BCUT2D eigenvalue weighted by molar-refractivity contribution is -0.151. The van der Waals surface area contributed by atoms with E-state index in [1.807, 2.05) is 29.6 Å². The first kappa shape index (κ1) is 15.0. The number of aromatic nitrogens is 1. The quantitative estimate of drug-likeness (QED) is 0.793. The molecule has 2 aromatic rings. The van der Waals surface area contributed by atoms with Gasteiger partial charge in [-0.3, -0.25) is 4.79 Å². The summed E-state index contributed by atoms with van der Waals surface area (Å²) < 4.78 is 11.0. The van der Waals surface area contributed by atoms with Crippen molar-refractivity contribution in [2.75, 3.05) is 6.61 Å². The van der Waals surface area contributed by atoms with Crippen LogP contribution in [0.5, 0.6) is 5.75 Å². The van der Waals surface area contributed by atoms with Gasteiger partial charge >= 0.3 is 5.97 Å². The van der Waals surface area contributed by atoms with E-state index in [0.29, 0.717) is 13.0 Å². The fourth-order valence-corrected chi connectivity index (χ4v) is 3.37. The van der Waals surface area contributed by atoms with E-state index in [1.54, 1.807) is 11.3 Å². The molecule has 0 N–H and O–H groups in total. The van der Waals surface area contributed by atoms with Crippen molar-refractivity contribution in [3.63, 3.8) is 0 Å². The predicted molar refractivity (Wildman–Crippen MR) is 85.0 cm³/mol. The van der Waals surface area contributed by atoms with Crippen molar-refractivity contribution in [1.29, 1.82) is 0 Å². The lowest BCUT2D eigenvalue weighted by Crippen LogP contribution is -2.29. The number of rotatable bonds is 5. The number of hydrogen-bond donors (Lipinski definition) is 0. The van der Waals surface area contributed by atoms with E-state index in [9.17, 15) is 4.79 Å². The fraction of sp³-hybridized carbons (Fsp3) is 0.412. The normalized spacial score (nSPS) is 16.7. The highest BCUT2D eigenvalue weighted by Gasteiger charge is 2.27. The molecule has 0 amide bonds. The summed E-state index contributed by atoms with van der Waals surface area (Å²) >= 11 is 1.62. The van der Waals surface area contributed by atoms with Crippen LogP contribution < -0.4 is 4.74 Å². The molecule has 1 atom stereocenters. The van der Waals surface area contributed by atoms with Gasteiger partial charge in [0.15, 0.2) is 0 Å². The van der Waals surface area contributed by atoms with Gasteiger partial charge in [-0.05, 0) is 30.9 Å². The minimum absolute atomic E-state index is 0.209. The Morgan fingerprint density at radius 3 is 3.18 bits per heavy atom. The van der Waals surface area contributed by atoms with Gasteiger partial charge in [-0.25, -0.2) is 4.98 Å². The number of esters is 1. The number of nitrogens with zero attached hydrogens (tertiary/aromatic N) is 1. The van der Waals surface area contributed by atoms with Gasteiger partial charge in [0.25, 0.3) is 0 Å². The smallest absolute Gasteiger partial charge is 0.313 e. The molecule has 116 valence electrons. The largest absolute Gasteiger partial charge is 0.492 e. The maximum atomic E-state index is 12.2. The zero-order valence-corrected chi connectivity index (χ0v) is 13.4. The van der Waals surface area contributed by atoms with Gasteiger partial charge in [-0.1, -0.05) is 25.1 Å². The third-order valence-electron chi connectivity index (χ3n) is 3.64. The van der Waals surface area contributed by atoms with E-state index in [1.165, 1.54) is 0 Å². The minimum Gasteiger partial charge on any atom is -0.492 e. The Labute approximate surface area is 134 Å². The summed E-state index contributed by atoms with van der Waals surface area (Å²) in [7, 11) is 0. The number of para-hydroxylation sites is 1. The average Bonchev–Trinajstić information content (AvgIpc) is 3.00. The summed E-state index contributed by atoms with van der Waals surface area (Å²) in [5.74, 6) is 0.429. The van der Waals surface area contributed by atoms with E-state index in [0.717, 1.165) is 34.9 Å². The molecule has 0 spiro atoms.